The second kappa shape index (κ2) is 10.0. The molecule has 1 rings (SSSR count). The van der Waals surface area contributed by atoms with Crippen LogP contribution in [0.1, 0.15) is 0 Å². The summed E-state index contributed by atoms with van der Waals surface area (Å²) in [6, 6.07) is 3.71. The second-order valence-electron chi connectivity index (χ2n) is 0.814. The Morgan fingerprint density at radius 1 is 1.25 bits per heavy atom. The first kappa shape index (κ1) is 15.7. The number of hydrogen-bond donors (Lipinski definition) is 1. The molecule has 0 aromatic carbocycles. The van der Waals surface area contributed by atoms with Gasteiger partial charge in [0.25, 0.3) is 0 Å². The zero-order valence-corrected chi connectivity index (χ0v) is 6.82. The van der Waals surface area contributed by atoms with E-state index < -0.39 is 0 Å². The molecule has 8 heavy (non-hydrogen) atoms. The van der Waals surface area contributed by atoms with Crippen molar-refractivity contribution in [2.45, 2.75) is 0 Å². The number of hydrogen-bond acceptors (Lipinski definition) is 0. The standard InChI is InChI=1S/C4H4N.2CH3.Ru/c1-2-4-5-3-1;;;/h1-3,5H;2*1H3;/q3*-1;+3. The van der Waals surface area contributed by atoms with Gasteiger partial charge < -0.3 is 19.8 Å². The number of nitrogens with one attached hydrogen (secondary N) is 1. The maximum absolute atomic E-state index is 2.74. The maximum atomic E-state index is 2.74. The summed E-state index contributed by atoms with van der Waals surface area (Å²) in [7, 11) is 0. The first-order valence-electron chi connectivity index (χ1n) is 1.49. The van der Waals surface area contributed by atoms with Crippen molar-refractivity contribution in [1.82, 2.24) is 4.98 Å². The fourth-order valence-electron chi connectivity index (χ4n) is 0.241. The van der Waals surface area contributed by atoms with Crippen molar-refractivity contribution >= 4 is 0 Å². The van der Waals surface area contributed by atoms with Gasteiger partial charge in [-0.25, -0.2) is 0 Å². The molecule has 0 unspecified atom stereocenters. The molecule has 0 fully saturated rings. The molecule has 1 aromatic heterocycles. The van der Waals surface area contributed by atoms with Crippen LogP contribution in [0.4, 0.5) is 0 Å². The first-order chi connectivity index (χ1) is 2.50. The third-order valence-corrected chi connectivity index (χ3v) is 0.442. The number of rotatable bonds is 0. The van der Waals surface area contributed by atoms with Crippen LogP contribution in [0.15, 0.2) is 18.3 Å². The molecule has 1 radical (unpaired) electrons. The average Bonchev–Trinajstić information content (AvgIpc) is 1.76. The summed E-state index contributed by atoms with van der Waals surface area (Å²) >= 11 is 0. The van der Waals surface area contributed by atoms with Crippen LogP contribution in [0.25, 0.3) is 0 Å². The van der Waals surface area contributed by atoms with Crippen LogP contribution in [-0.2, 0) is 19.5 Å². The van der Waals surface area contributed by atoms with Crippen molar-refractivity contribution in [2.24, 2.45) is 0 Å². The summed E-state index contributed by atoms with van der Waals surface area (Å²) in [5, 5.41) is 0. The molecular formula is C6H10NRu. The smallest absolute Gasteiger partial charge is 0.484 e. The molecule has 1 nitrogen and oxygen atoms in total. The molecular weight excluding hydrogens is 187 g/mol. The number of H-pyrrole nitrogens is 1. The zero-order valence-electron chi connectivity index (χ0n) is 5.09. The minimum atomic E-state index is 0. The minimum Gasteiger partial charge on any atom is -0.484 e. The molecule has 0 atom stereocenters. The first-order valence-corrected chi connectivity index (χ1v) is 1.49. The Morgan fingerprint density at radius 3 is 2.00 bits per heavy atom. The molecule has 0 aliphatic carbocycles. The predicted molar refractivity (Wildman–Crippen MR) is 32.5 cm³/mol. The van der Waals surface area contributed by atoms with Crippen molar-refractivity contribution in [3.05, 3.63) is 39.4 Å². The van der Waals surface area contributed by atoms with Gasteiger partial charge in [-0.1, -0.05) is 0 Å². The van der Waals surface area contributed by atoms with E-state index in [9.17, 15) is 0 Å². The second-order valence-corrected chi connectivity index (χ2v) is 0.814. The van der Waals surface area contributed by atoms with Crippen LogP contribution in [0, 0.1) is 21.1 Å². The monoisotopic (exact) mass is 198 g/mol. The van der Waals surface area contributed by atoms with Gasteiger partial charge in [-0.15, -0.1) is 6.20 Å². The van der Waals surface area contributed by atoms with Crippen molar-refractivity contribution in [3.8, 4) is 0 Å². The molecule has 0 aliphatic rings. The van der Waals surface area contributed by atoms with Crippen molar-refractivity contribution in [3.63, 3.8) is 0 Å². The number of aromatic amines is 1. The van der Waals surface area contributed by atoms with E-state index in [4.69, 9.17) is 0 Å². The van der Waals surface area contributed by atoms with Gasteiger partial charge in [0.2, 0.25) is 0 Å². The van der Waals surface area contributed by atoms with E-state index in [0.717, 1.165) is 0 Å². The molecule has 0 amide bonds. The third-order valence-electron chi connectivity index (χ3n) is 0.442. The van der Waals surface area contributed by atoms with Gasteiger partial charge in [0.1, 0.15) is 0 Å². The Bertz CT molecular complexity index is 65.0. The van der Waals surface area contributed by atoms with Crippen LogP contribution < -0.4 is 0 Å². The van der Waals surface area contributed by atoms with E-state index >= 15 is 0 Å². The van der Waals surface area contributed by atoms with Crippen LogP contribution >= 0.6 is 0 Å². The van der Waals surface area contributed by atoms with Crippen molar-refractivity contribution in [2.75, 3.05) is 0 Å². The van der Waals surface area contributed by atoms with E-state index in [2.05, 4.69) is 11.2 Å². The Kier molecular flexibility index (Phi) is 19.6. The van der Waals surface area contributed by atoms with Gasteiger partial charge in [-0.2, -0.15) is 18.3 Å². The minimum absolute atomic E-state index is 0. The molecule has 0 bridgehead atoms. The normalized spacial score (nSPS) is 5.00. The predicted octanol–water partition coefficient (Wildman–Crippen LogP) is 1.71. The topological polar surface area (TPSA) is 15.8 Å². The molecule has 0 spiro atoms. The van der Waals surface area contributed by atoms with Gasteiger partial charge in [0.15, 0.2) is 0 Å². The van der Waals surface area contributed by atoms with Crippen LogP contribution in [0.3, 0.4) is 0 Å². The molecule has 0 aliphatic heterocycles. The van der Waals surface area contributed by atoms with Gasteiger partial charge in [-0.3, -0.25) is 0 Å². The Balaban J connectivity index is -0.0000000833. The molecule has 1 heterocycles. The largest absolute Gasteiger partial charge is 3.00 e. The Morgan fingerprint density at radius 2 is 1.88 bits per heavy atom. The summed E-state index contributed by atoms with van der Waals surface area (Å²) < 4.78 is 0. The van der Waals surface area contributed by atoms with E-state index in [1.807, 2.05) is 18.3 Å². The summed E-state index contributed by atoms with van der Waals surface area (Å²) in [5.41, 5.74) is 0. The number of aromatic nitrogens is 1. The van der Waals surface area contributed by atoms with E-state index in [0.29, 0.717) is 0 Å². The summed E-state index contributed by atoms with van der Waals surface area (Å²) in [4.78, 5) is 2.74. The molecule has 0 saturated heterocycles. The van der Waals surface area contributed by atoms with E-state index in [-0.39, 0.29) is 34.3 Å². The summed E-state index contributed by atoms with van der Waals surface area (Å²) in [6.07, 6.45) is 4.56. The van der Waals surface area contributed by atoms with Crippen molar-refractivity contribution in [1.29, 1.82) is 0 Å². The molecule has 47 valence electrons. The average molecular weight is 197 g/mol. The summed E-state index contributed by atoms with van der Waals surface area (Å²) in [5.74, 6) is 0. The van der Waals surface area contributed by atoms with Crippen LogP contribution in [-0.4, -0.2) is 4.98 Å². The summed E-state index contributed by atoms with van der Waals surface area (Å²) in [6.45, 7) is 0. The SMILES string of the molecule is [CH3-].[CH3-].[Ru+3].[c-]1ccc[nH]1. The van der Waals surface area contributed by atoms with Gasteiger partial charge >= 0.3 is 19.5 Å². The van der Waals surface area contributed by atoms with Gasteiger partial charge in [0.05, 0.1) is 0 Å². The maximum Gasteiger partial charge on any atom is 3.00 e. The Hall–Kier alpha value is -0.0966. The molecule has 1 aromatic rings. The van der Waals surface area contributed by atoms with Gasteiger partial charge in [0, 0.05) is 0 Å². The molecule has 1 N–H and O–H groups in total. The van der Waals surface area contributed by atoms with Crippen LogP contribution in [0.5, 0.6) is 0 Å². The fourth-order valence-corrected chi connectivity index (χ4v) is 0.241. The zero-order chi connectivity index (χ0) is 3.54. The van der Waals surface area contributed by atoms with Crippen molar-refractivity contribution < 1.29 is 19.5 Å². The fraction of sp³-hybridized carbons (Fsp3) is 0. The Labute approximate surface area is 64.3 Å². The van der Waals surface area contributed by atoms with E-state index in [1.165, 1.54) is 0 Å². The van der Waals surface area contributed by atoms with Gasteiger partial charge in [-0.05, 0) is 0 Å². The third kappa shape index (κ3) is 5.90. The molecule has 2 heteroatoms. The van der Waals surface area contributed by atoms with Crippen LogP contribution in [0.2, 0.25) is 0 Å². The quantitative estimate of drug-likeness (QED) is 0.481. The van der Waals surface area contributed by atoms with E-state index in [1.54, 1.807) is 0 Å². The molecule has 0 saturated carbocycles.